The maximum Gasteiger partial charge on any atom is 0.0415 e. The number of nitrogens with one attached hydrogen (secondary N) is 1. The fraction of sp³-hybridized carbons (Fsp3) is 0.467. The maximum absolute atomic E-state index is 3.78. The summed E-state index contributed by atoms with van der Waals surface area (Å²) in [5.74, 6) is 0. The van der Waals surface area contributed by atoms with Crippen molar-refractivity contribution >= 4 is 12.2 Å². The molecule has 1 aliphatic rings. The first-order valence-electron chi connectivity index (χ1n) is 6.43. The van der Waals surface area contributed by atoms with Gasteiger partial charge in [0.15, 0.2) is 0 Å². The van der Waals surface area contributed by atoms with Gasteiger partial charge < -0.3 is 9.88 Å². The van der Waals surface area contributed by atoms with E-state index in [1.165, 1.54) is 21.8 Å². The molecule has 0 atom stereocenters. The van der Waals surface area contributed by atoms with E-state index in [2.05, 4.69) is 42.6 Å². The molecule has 0 saturated carbocycles. The number of fused-ring (bicyclic) bond motifs is 1. The smallest absolute Gasteiger partial charge is 0.0415 e. The number of nitrogens with zero attached hydrogens (tertiary/aromatic N) is 1. The molecular weight excluding hydrogens is 208 g/mol. The second-order valence-corrected chi connectivity index (χ2v) is 4.09. The summed E-state index contributed by atoms with van der Waals surface area (Å²) < 4.78 is 0. The molecule has 2 heteroatoms. The lowest BCUT2D eigenvalue weighted by molar-refractivity contribution is 0.309. The van der Waals surface area contributed by atoms with Gasteiger partial charge in [-0.2, -0.15) is 0 Å². The quantitative estimate of drug-likeness (QED) is 0.782. The van der Waals surface area contributed by atoms with Crippen molar-refractivity contribution in [3.63, 3.8) is 0 Å². The second-order valence-electron chi connectivity index (χ2n) is 4.09. The van der Waals surface area contributed by atoms with Crippen LogP contribution < -0.4 is 10.6 Å². The Morgan fingerprint density at radius 3 is 2.65 bits per heavy atom. The minimum Gasteiger partial charge on any atom is -0.357 e. The fourth-order valence-electron chi connectivity index (χ4n) is 2.24. The normalized spacial score (nSPS) is 17.4. The van der Waals surface area contributed by atoms with Crippen molar-refractivity contribution in [3.05, 3.63) is 34.5 Å². The van der Waals surface area contributed by atoms with E-state index < -0.39 is 0 Å². The number of H-pyrrole nitrogens is 1. The van der Waals surface area contributed by atoms with E-state index in [9.17, 15) is 0 Å². The van der Waals surface area contributed by atoms with Crippen LogP contribution in [0, 0.1) is 0 Å². The first-order chi connectivity index (χ1) is 8.26. The summed E-state index contributed by atoms with van der Waals surface area (Å²) in [6.07, 6.45) is 7.24. The van der Waals surface area contributed by atoms with E-state index in [4.69, 9.17) is 0 Å². The number of allylic oxidation sites excluding steroid dienone is 1. The van der Waals surface area contributed by atoms with Gasteiger partial charge in [-0.25, -0.2) is 0 Å². The minimum absolute atomic E-state index is 1.03. The molecule has 1 N–H and O–H groups in total. The highest BCUT2D eigenvalue weighted by Crippen LogP contribution is 2.10. The molecule has 0 unspecified atom stereocenters. The Hall–Kier alpha value is -1.28. The SMILES string of the molecule is C=C/C=c1/c2c([nH]/c1=C/C)CN(C)CC2.CC. The van der Waals surface area contributed by atoms with Crippen LogP contribution in [0.4, 0.5) is 0 Å². The third-order valence-corrected chi connectivity index (χ3v) is 3.01. The molecule has 0 bridgehead atoms. The van der Waals surface area contributed by atoms with E-state index in [-0.39, 0.29) is 0 Å². The predicted octanol–water partition coefficient (Wildman–Crippen LogP) is 1.80. The van der Waals surface area contributed by atoms with Crippen molar-refractivity contribution in [1.29, 1.82) is 0 Å². The standard InChI is InChI=1S/C13H18N2.C2H6/c1-4-6-10-11-7-8-15(3)9-13(11)14-12(10)5-2;1-2/h4-6,14H,1,7-9H2,2-3H3;1-2H3/b10-6-,12-5+;. The Balaban J connectivity index is 0.000000686. The molecule has 1 aromatic rings. The summed E-state index contributed by atoms with van der Waals surface area (Å²) in [7, 11) is 2.16. The van der Waals surface area contributed by atoms with Crippen LogP contribution in [-0.2, 0) is 13.0 Å². The van der Waals surface area contributed by atoms with Crippen molar-refractivity contribution in [2.45, 2.75) is 33.7 Å². The zero-order valence-corrected chi connectivity index (χ0v) is 11.5. The van der Waals surface area contributed by atoms with Gasteiger partial charge in [0.05, 0.1) is 0 Å². The van der Waals surface area contributed by atoms with Crippen LogP contribution in [0.15, 0.2) is 12.7 Å². The van der Waals surface area contributed by atoms with Gasteiger partial charge in [-0.15, -0.1) is 0 Å². The molecule has 0 fully saturated rings. The van der Waals surface area contributed by atoms with E-state index in [0.29, 0.717) is 0 Å². The fourth-order valence-corrected chi connectivity index (χ4v) is 2.24. The average molecular weight is 232 g/mol. The highest BCUT2D eigenvalue weighted by atomic mass is 15.1. The molecule has 0 saturated heterocycles. The molecule has 1 aliphatic heterocycles. The van der Waals surface area contributed by atoms with Gasteiger partial charge >= 0.3 is 0 Å². The molecule has 0 amide bonds. The number of hydrogen-bond acceptors (Lipinski definition) is 1. The Bertz CT molecular complexity index is 480. The largest absolute Gasteiger partial charge is 0.357 e. The minimum atomic E-state index is 1.03. The van der Waals surface area contributed by atoms with E-state index in [0.717, 1.165) is 19.5 Å². The summed E-state index contributed by atoms with van der Waals surface area (Å²) in [4.78, 5) is 5.83. The van der Waals surface area contributed by atoms with Gasteiger partial charge in [0.2, 0.25) is 0 Å². The molecule has 0 radical (unpaired) electrons. The summed E-state index contributed by atoms with van der Waals surface area (Å²) in [6, 6.07) is 0. The number of aromatic amines is 1. The van der Waals surface area contributed by atoms with Crippen LogP contribution in [0.25, 0.3) is 12.2 Å². The maximum atomic E-state index is 3.78. The van der Waals surface area contributed by atoms with Gasteiger partial charge in [-0.05, 0) is 26.0 Å². The summed E-state index contributed by atoms with van der Waals surface area (Å²) >= 11 is 0. The van der Waals surface area contributed by atoms with Crippen LogP contribution in [0.2, 0.25) is 0 Å². The molecule has 17 heavy (non-hydrogen) atoms. The predicted molar refractivity (Wildman–Crippen MR) is 76.2 cm³/mol. The highest BCUT2D eigenvalue weighted by Gasteiger charge is 2.15. The summed E-state index contributed by atoms with van der Waals surface area (Å²) in [6.45, 7) is 12.0. The van der Waals surface area contributed by atoms with Crippen LogP contribution in [0.5, 0.6) is 0 Å². The number of likely N-dealkylation sites (N-methyl/N-ethyl adjacent to an activating group) is 1. The molecule has 0 aromatic carbocycles. The third kappa shape index (κ3) is 2.89. The monoisotopic (exact) mass is 232 g/mol. The Morgan fingerprint density at radius 2 is 2.06 bits per heavy atom. The van der Waals surface area contributed by atoms with Gasteiger partial charge in [0, 0.05) is 29.4 Å². The zero-order valence-electron chi connectivity index (χ0n) is 11.5. The Morgan fingerprint density at radius 1 is 1.35 bits per heavy atom. The molecule has 2 nitrogen and oxygen atoms in total. The third-order valence-electron chi connectivity index (χ3n) is 3.01. The number of aromatic nitrogens is 1. The molecular formula is C15H24N2. The topological polar surface area (TPSA) is 19.0 Å². The van der Waals surface area contributed by atoms with Crippen LogP contribution in [0.1, 0.15) is 32.0 Å². The van der Waals surface area contributed by atoms with Crippen molar-refractivity contribution in [2.24, 2.45) is 0 Å². The van der Waals surface area contributed by atoms with Gasteiger partial charge in [-0.1, -0.05) is 38.7 Å². The summed E-state index contributed by atoms with van der Waals surface area (Å²) in [5.41, 5.74) is 2.84. The Labute approximate surface area is 104 Å². The van der Waals surface area contributed by atoms with Gasteiger partial charge in [-0.3, -0.25) is 0 Å². The second kappa shape index (κ2) is 6.45. The lowest BCUT2D eigenvalue weighted by Crippen LogP contribution is -2.30. The molecule has 1 aromatic heterocycles. The molecule has 0 aliphatic carbocycles. The molecule has 94 valence electrons. The van der Waals surface area contributed by atoms with E-state index >= 15 is 0 Å². The molecule has 0 spiro atoms. The van der Waals surface area contributed by atoms with E-state index in [1.807, 2.05) is 19.9 Å². The number of rotatable bonds is 1. The van der Waals surface area contributed by atoms with Crippen molar-refractivity contribution < 1.29 is 0 Å². The van der Waals surface area contributed by atoms with Crippen LogP contribution in [0.3, 0.4) is 0 Å². The van der Waals surface area contributed by atoms with Crippen molar-refractivity contribution in [2.75, 3.05) is 13.6 Å². The van der Waals surface area contributed by atoms with Gasteiger partial charge in [0.1, 0.15) is 0 Å². The van der Waals surface area contributed by atoms with Crippen LogP contribution in [-0.4, -0.2) is 23.5 Å². The van der Waals surface area contributed by atoms with Gasteiger partial charge in [0.25, 0.3) is 0 Å². The zero-order chi connectivity index (χ0) is 12.8. The van der Waals surface area contributed by atoms with Crippen LogP contribution >= 0.6 is 0 Å². The summed E-state index contributed by atoms with van der Waals surface area (Å²) in [5, 5.41) is 2.56. The number of hydrogen-bond donors (Lipinski definition) is 1. The van der Waals surface area contributed by atoms with Crippen molar-refractivity contribution in [3.8, 4) is 0 Å². The lowest BCUT2D eigenvalue weighted by Gasteiger charge is -2.21. The Kier molecular flexibility index (Phi) is 5.23. The first kappa shape index (κ1) is 13.8. The highest BCUT2D eigenvalue weighted by molar-refractivity contribution is 5.43. The molecule has 2 heterocycles. The van der Waals surface area contributed by atoms with Crippen molar-refractivity contribution in [1.82, 2.24) is 9.88 Å². The average Bonchev–Trinajstić information content (AvgIpc) is 2.69. The lowest BCUT2D eigenvalue weighted by atomic mass is 10.1. The van der Waals surface area contributed by atoms with E-state index in [1.54, 1.807) is 0 Å². The first-order valence-corrected chi connectivity index (χ1v) is 6.43. The molecule has 2 rings (SSSR count).